The number of hydrogen-bond donors (Lipinski definition) is 1. The number of carbonyl (C=O) groups is 1. The number of nitrogens with one attached hydrogen (secondary N) is 1. The summed E-state index contributed by atoms with van der Waals surface area (Å²) in [5, 5.41) is 11.7. The van der Waals surface area contributed by atoms with Gasteiger partial charge in [0.05, 0.1) is 23.6 Å². The Morgan fingerprint density at radius 3 is 2.74 bits per heavy atom. The molecule has 1 aromatic carbocycles. The summed E-state index contributed by atoms with van der Waals surface area (Å²) in [6.07, 6.45) is 5.04. The lowest BCUT2D eigenvalue weighted by Crippen LogP contribution is -2.16. The van der Waals surface area contributed by atoms with Crippen molar-refractivity contribution in [3.05, 3.63) is 64.3 Å². The maximum absolute atomic E-state index is 12.9. The highest BCUT2D eigenvalue weighted by molar-refractivity contribution is 6.04. The number of amides is 1. The number of rotatable bonds is 4. The van der Waals surface area contributed by atoms with Gasteiger partial charge in [-0.2, -0.15) is 5.10 Å². The highest BCUT2D eigenvalue weighted by Crippen LogP contribution is 2.26. The van der Waals surface area contributed by atoms with Crippen LogP contribution in [0.2, 0.25) is 0 Å². The maximum Gasteiger partial charge on any atom is 0.278 e. The van der Waals surface area contributed by atoms with Crippen molar-refractivity contribution in [1.29, 1.82) is 0 Å². The minimum absolute atomic E-state index is 0.215. The zero-order chi connectivity index (χ0) is 18.8. The number of carbonyl (C=O) groups excluding carboxylic acids is 1. The topological polar surface area (TPSA) is 73.0 Å². The van der Waals surface area contributed by atoms with E-state index in [0.717, 1.165) is 60.5 Å². The molecule has 0 aliphatic heterocycles. The Bertz CT molecular complexity index is 956. The van der Waals surface area contributed by atoms with Crippen LogP contribution in [-0.2, 0) is 19.4 Å². The standard InChI is InChI=1S/C21H24N4O2/c1-14-19(15(2)25(23-14)13-16-9-5-3-6-10-16)22-21(26)20-17-11-7-4-8-12-18(17)27-24-20/h3,5-6,9-10H,4,7-8,11-13H2,1-2H3,(H,22,26). The van der Waals surface area contributed by atoms with Gasteiger partial charge in [0.1, 0.15) is 5.76 Å². The third-order valence-corrected chi connectivity index (χ3v) is 5.21. The van der Waals surface area contributed by atoms with Crippen molar-refractivity contribution in [2.24, 2.45) is 0 Å². The van der Waals surface area contributed by atoms with Crippen LogP contribution < -0.4 is 5.32 Å². The lowest BCUT2D eigenvalue weighted by Gasteiger charge is -2.07. The van der Waals surface area contributed by atoms with Crippen molar-refractivity contribution >= 4 is 11.6 Å². The van der Waals surface area contributed by atoms with Crippen LogP contribution in [0.25, 0.3) is 0 Å². The molecule has 4 rings (SSSR count). The number of nitrogens with zero attached hydrogens (tertiary/aromatic N) is 3. The molecule has 1 amide bonds. The molecule has 0 unspecified atom stereocenters. The number of fused-ring (bicyclic) bond motifs is 1. The SMILES string of the molecule is Cc1nn(Cc2ccccc2)c(C)c1NC(=O)c1noc2c1CCCCC2. The van der Waals surface area contributed by atoms with E-state index in [4.69, 9.17) is 4.52 Å². The molecule has 6 nitrogen and oxygen atoms in total. The van der Waals surface area contributed by atoms with E-state index < -0.39 is 0 Å². The van der Waals surface area contributed by atoms with E-state index in [1.165, 1.54) is 5.56 Å². The van der Waals surface area contributed by atoms with Gasteiger partial charge >= 0.3 is 0 Å². The lowest BCUT2D eigenvalue weighted by molar-refractivity contribution is 0.101. The van der Waals surface area contributed by atoms with Crippen molar-refractivity contribution in [3.63, 3.8) is 0 Å². The molecule has 1 aliphatic rings. The smallest absolute Gasteiger partial charge is 0.278 e. The predicted molar refractivity (Wildman–Crippen MR) is 103 cm³/mol. The van der Waals surface area contributed by atoms with Crippen LogP contribution in [-0.4, -0.2) is 20.8 Å². The largest absolute Gasteiger partial charge is 0.360 e. The molecule has 6 heteroatoms. The van der Waals surface area contributed by atoms with Gasteiger partial charge in [-0.25, -0.2) is 0 Å². The first kappa shape index (κ1) is 17.5. The van der Waals surface area contributed by atoms with Gasteiger partial charge in [0.2, 0.25) is 0 Å². The Hall–Kier alpha value is -2.89. The van der Waals surface area contributed by atoms with Crippen LogP contribution in [0.15, 0.2) is 34.9 Å². The second-order valence-electron chi connectivity index (χ2n) is 7.14. The summed E-state index contributed by atoms with van der Waals surface area (Å²) in [5.74, 6) is 0.651. The van der Waals surface area contributed by atoms with Crippen molar-refractivity contribution in [2.45, 2.75) is 52.5 Å². The molecular weight excluding hydrogens is 340 g/mol. The van der Waals surface area contributed by atoms with E-state index in [9.17, 15) is 4.79 Å². The molecule has 0 saturated heterocycles. The van der Waals surface area contributed by atoms with Gasteiger partial charge in [-0.15, -0.1) is 0 Å². The highest BCUT2D eigenvalue weighted by atomic mass is 16.5. The second kappa shape index (κ2) is 7.39. The van der Waals surface area contributed by atoms with E-state index in [-0.39, 0.29) is 5.91 Å². The van der Waals surface area contributed by atoms with Crippen LogP contribution in [0.4, 0.5) is 5.69 Å². The first-order valence-corrected chi connectivity index (χ1v) is 9.50. The summed E-state index contributed by atoms with van der Waals surface area (Å²) in [7, 11) is 0. The summed E-state index contributed by atoms with van der Waals surface area (Å²) in [5.41, 5.74) is 5.04. The second-order valence-corrected chi connectivity index (χ2v) is 7.14. The molecular formula is C21H24N4O2. The number of hydrogen-bond acceptors (Lipinski definition) is 4. The minimum Gasteiger partial charge on any atom is -0.360 e. The third-order valence-electron chi connectivity index (χ3n) is 5.21. The Labute approximate surface area is 158 Å². The van der Waals surface area contributed by atoms with E-state index >= 15 is 0 Å². The molecule has 0 bridgehead atoms. The molecule has 0 saturated carbocycles. The summed E-state index contributed by atoms with van der Waals surface area (Å²) >= 11 is 0. The Balaban J connectivity index is 1.56. The quantitative estimate of drug-likeness (QED) is 0.709. The van der Waals surface area contributed by atoms with Gasteiger partial charge in [0.15, 0.2) is 5.69 Å². The van der Waals surface area contributed by atoms with E-state index in [0.29, 0.717) is 12.2 Å². The van der Waals surface area contributed by atoms with Gasteiger partial charge in [-0.05, 0) is 38.7 Å². The van der Waals surface area contributed by atoms with Crippen LogP contribution in [0.5, 0.6) is 0 Å². The van der Waals surface area contributed by atoms with Crippen molar-refractivity contribution in [3.8, 4) is 0 Å². The van der Waals surface area contributed by atoms with Crippen LogP contribution in [0.3, 0.4) is 0 Å². The normalized spacial score (nSPS) is 13.9. The maximum atomic E-state index is 12.9. The Morgan fingerprint density at radius 2 is 1.93 bits per heavy atom. The van der Waals surface area contributed by atoms with Crippen LogP contribution >= 0.6 is 0 Å². The van der Waals surface area contributed by atoms with Gasteiger partial charge in [0, 0.05) is 12.0 Å². The number of aryl methyl sites for hydroxylation is 2. The molecule has 2 aromatic heterocycles. The number of benzene rings is 1. The molecule has 0 fully saturated rings. The highest BCUT2D eigenvalue weighted by Gasteiger charge is 2.24. The molecule has 140 valence electrons. The Morgan fingerprint density at radius 1 is 1.15 bits per heavy atom. The van der Waals surface area contributed by atoms with Crippen LogP contribution in [0.1, 0.15) is 58.0 Å². The van der Waals surface area contributed by atoms with E-state index in [1.54, 1.807) is 0 Å². The molecule has 0 radical (unpaired) electrons. The van der Waals surface area contributed by atoms with E-state index in [1.807, 2.05) is 36.7 Å². The summed E-state index contributed by atoms with van der Waals surface area (Å²) in [4.78, 5) is 12.9. The van der Waals surface area contributed by atoms with E-state index in [2.05, 4.69) is 27.7 Å². The molecule has 0 spiro atoms. The molecule has 1 aliphatic carbocycles. The average Bonchev–Trinajstić information content (AvgIpc) is 3.08. The molecule has 27 heavy (non-hydrogen) atoms. The molecule has 2 heterocycles. The fraction of sp³-hybridized carbons (Fsp3) is 0.381. The number of anilines is 1. The summed E-state index contributed by atoms with van der Waals surface area (Å²) in [6.45, 7) is 4.55. The van der Waals surface area contributed by atoms with Crippen molar-refractivity contribution < 1.29 is 9.32 Å². The first-order valence-electron chi connectivity index (χ1n) is 9.50. The fourth-order valence-electron chi connectivity index (χ4n) is 3.70. The van der Waals surface area contributed by atoms with Crippen molar-refractivity contribution in [2.75, 3.05) is 5.32 Å². The van der Waals surface area contributed by atoms with Gasteiger partial charge < -0.3 is 9.84 Å². The average molecular weight is 364 g/mol. The monoisotopic (exact) mass is 364 g/mol. The van der Waals surface area contributed by atoms with Gasteiger partial charge in [0.25, 0.3) is 5.91 Å². The third kappa shape index (κ3) is 3.52. The minimum atomic E-state index is -0.215. The predicted octanol–water partition coefficient (Wildman–Crippen LogP) is 4.06. The lowest BCUT2D eigenvalue weighted by atomic mass is 10.1. The Kier molecular flexibility index (Phi) is 4.79. The first-order chi connectivity index (χ1) is 13.1. The molecule has 3 aromatic rings. The zero-order valence-electron chi connectivity index (χ0n) is 15.8. The van der Waals surface area contributed by atoms with Gasteiger partial charge in [-0.1, -0.05) is 41.9 Å². The van der Waals surface area contributed by atoms with Gasteiger partial charge in [-0.3, -0.25) is 9.48 Å². The van der Waals surface area contributed by atoms with Crippen molar-refractivity contribution in [1.82, 2.24) is 14.9 Å². The zero-order valence-corrected chi connectivity index (χ0v) is 15.8. The number of aromatic nitrogens is 3. The fourth-order valence-corrected chi connectivity index (χ4v) is 3.70. The molecule has 0 atom stereocenters. The van der Waals surface area contributed by atoms with Crippen LogP contribution in [0, 0.1) is 13.8 Å². The summed E-state index contributed by atoms with van der Waals surface area (Å²) in [6, 6.07) is 10.2. The molecule has 1 N–H and O–H groups in total. The summed E-state index contributed by atoms with van der Waals surface area (Å²) < 4.78 is 7.36.